The van der Waals surface area contributed by atoms with Gasteiger partial charge in [-0.05, 0) is 23.8 Å². The van der Waals surface area contributed by atoms with E-state index in [-0.39, 0.29) is 5.82 Å². The van der Waals surface area contributed by atoms with Crippen LogP contribution < -0.4 is 11.2 Å². The van der Waals surface area contributed by atoms with Crippen LogP contribution in [0.1, 0.15) is 5.56 Å². The molecule has 0 radical (unpaired) electrons. The molecule has 1 rings (SSSR count). The number of nitrogens with two attached hydrogens (primary N) is 1. The van der Waals surface area contributed by atoms with Crippen molar-refractivity contribution in [3.8, 4) is 0 Å². The maximum absolute atomic E-state index is 12.6. The predicted octanol–water partition coefficient (Wildman–Crippen LogP) is 2.61. The van der Waals surface area contributed by atoms with Crippen LogP contribution in [0.4, 0.5) is 9.18 Å². The third kappa shape index (κ3) is 7.27. The second-order valence-corrected chi connectivity index (χ2v) is 3.43. The van der Waals surface area contributed by atoms with Crippen LogP contribution in [0, 0.1) is 5.82 Å². The van der Waals surface area contributed by atoms with Crippen LogP contribution in [0.2, 0.25) is 0 Å². The highest BCUT2D eigenvalue weighted by Crippen LogP contribution is 2.04. The molecule has 0 fully saturated rings. The van der Waals surface area contributed by atoms with Gasteiger partial charge < -0.3 is 5.73 Å². The van der Waals surface area contributed by atoms with E-state index in [9.17, 15) is 9.18 Å². The molecule has 0 bridgehead atoms. The van der Waals surface area contributed by atoms with Crippen molar-refractivity contribution in [3.05, 3.63) is 66.0 Å². The fourth-order valence-corrected chi connectivity index (χ4v) is 1.13. The molecule has 0 saturated carbocycles. The van der Waals surface area contributed by atoms with Gasteiger partial charge in [0.15, 0.2) is 0 Å². The van der Waals surface area contributed by atoms with Gasteiger partial charge in [-0.3, -0.25) is 0 Å². The highest BCUT2D eigenvalue weighted by molar-refractivity contribution is 5.76. The van der Waals surface area contributed by atoms with Crippen LogP contribution in [0.15, 0.2) is 59.7 Å². The minimum absolute atomic E-state index is 0.250. The number of hydrazone groups is 1. The van der Waals surface area contributed by atoms with Gasteiger partial charge in [-0.1, -0.05) is 42.5 Å². The largest absolute Gasteiger partial charge is 0.350 e. The van der Waals surface area contributed by atoms with Crippen molar-refractivity contribution in [3.63, 3.8) is 0 Å². The summed E-state index contributed by atoms with van der Waals surface area (Å²) in [7, 11) is 0. The molecule has 4 nitrogen and oxygen atoms in total. The number of nitrogens with one attached hydrogen (secondary N) is 1. The Morgan fingerprint density at radius 1 is 1.11 bits per heavy atom. The summed E-state index contributed by atoms with van der Waals surface area (Å²) in [6.45, 7) is 0. The topological polar surface area (TPSA) is 67.5 Å². The van der Waals surface area contributed by atoms with E-state index < -0.39 is 6.03 Å². The molecule has 0 saturated heterocycles. The molecule has 0 aliphatic carbocycles. The fraction of sp³-hybridized carbons (Fsp3) is 0. The number of primary amides is 1. The number of benzene rings is 1. The fourth-order valence-electron chi connectivity index (χ4n) is 1.13. The van der Waals surface area contributed by atoms with Gasteiger partial charge in [0.2, 0.25) is 0 Å². The normalized spacial score (nSPS) is 12.1. The molecule has 1 aromatic carbocycles. The Bertz CT molecular complexity index is 516. The zero-order valence-electron chi connectivity index (χ0n) is 10.2. The molecule has 0 aliphatic heterocycles. The molecule has 0 heterocycles. The monoisotopic (exact) mass is 259 g/mol. The van der Waals surface area contributed by atoms with Gasteiger partial charge in [-0.2, -0.15) is 5.10 Å². The van der Waals surface area contributed by atoms with E-state index in [2.05, 4.69) is 10.5 Å². The first-order chi connectivity index (χ1) is 9.18. The highest BCUT2D eigenvalue weighted by Gasteiger charge is 1.86. The first-order valence-corrected chi connectivity index (χ1v) is 5.52. The van der Waals surface area contributed by atoms with E-state index in [1.54, 1.807) is 30.4 Å². The predicted molar refractivity (Wildman–Crippen MR) is 74.9 cm³/mol. The summed E-state index contributed by atoms with van der Waals surface area (Å²) < 4.78 is 12.6. The number of halogens is 1. The Labute approximate surface area is 110 Å². The minimum Gasteiger partial charge on any atom is -0.350 e. The summed E-state index contributed by atoms with van der Waals surface area (Å²) >= 11 is 0. The summed E-state index contributed by atoms with van der Waals surface area (Å²) in [4.78, 5) is 10.3. The Morgan fingerprint density at radius 3 is 2.42 bits per heavy atom. The zero-order valence-corrected chi connectivity index (χ0v) is 10.2. The molecule has 3 N–H and O–H groups in total. The Hall–Kier alpha value is -2.69. The van der Waals surface area contributed by atoms with E-state index in [1.807, 2.05) is 18.2 Å². The number of carbonyl (C=O) groups is 1. The smallest absolute Gasteiger partial charge is 0.332 e. The first-order valence-electron chi connectivity index (χ1n) is 5.52. The lowest BCUT2D eigenvalue weighted by atomic mass is 10.2. The summed E-state index contributed by atoms with van der Waals surface area (Å²) in [5.41, 5.74) is 7.78. The quantitative estimate of drug-likeness (QED) is 0.476. The van der Waals surface area contributed by atoms with Gasteiger partial charge in [0.25, 0.3) is 0 Å². The molecule has 0 aromatic heterocycles. The first kappa shape index (κ1) is 14.4. The Kier molecular flexibility index (Phi) is 6.36. The standard InChI is InChI=1S/C14H14FN3O/c15-13-9-7-12(8-10-13)6-4-2-1-3-5-11-17-18-14(16)19/h1-11H,(H3,16,18,19)/b2-1+,5-3+,6-4+,17-11-. The van der Waals surface area contributed by atoms with Crippen LogP contribution >= 0.6 is 0 Å². The van der Waals surface area contributed by atoms with Crippen LogP contribution in [0.3, 0.4) is 0 Å². The Balaban J connectivity index is 2.33. The van der Waals surface area contributed by atoms with Crippen LogP contribution in [-0.2, 0) is 0 Å². The van der Waals surface area contributed by atoms with E-state index in [1.165, 1.54) is 18.3 Å². The maximum atomic E-state index is 12.6. The molecule has 0 atom stereocenters. The van der Waals surface area contributed by atoms with Gasteiger partial charge in [0.1, 0.15) is 5.82 Å². The number of nitrogens with zero attached hydrogens (tertiary/aromatic N) is 1. The molecular formula is C14H14FN3O. The number of rotatable bonds is 5. The van der Waals surface area contributed by atoms with Gasteiger partial charge in [-0.25, -0.2) is 14.6 Å². The number of carbonyl (C=O) groups excluding carboxylic acids is 1. The van der Waals surface area contributed by atoms with Crippen LogP contribution in [0.25, 0.3) is 6.08 Å². The molecular weight excluding hydrogens is 245 g/mol. The third-order valence-corrected chi connectivity index (χ3v) is 1.94. The molecule has 0 unspecified atom stereocenters. The Morgan fingerprint density at radius 2 is 1.74 bits per heavy atom. The van der Waals surface area contributed by atoms with E-state index in [0.717, 1.165) is 5.56 Å². The van der Waals surface area contributed by atoms with Gasteiger partial charge in [-0.15, -0.1) is 0 Å². The average molecular weight is 259 g/mol. The van der Waals surface area contributed by atoms with E-state index >= 15 is 0 Å². The number of allylic oxidation sites excluding steroid dienone is 5. The van der Waals surface area contributed by atoms with Crippen molar-refractivity contribution in [2.75, 3.05) is 0 Å². The summed E-state index contributed by atoms with van der Waals surface area (Å²) in [6.07, 6.45) is 12.1. The molecule has 0 aliphatic rings. The number of hydrogen-bond donors (Lipinski definition) is 2. The highest BCUT2D eigenvalue weighted by atomic mass is 19.1. The van der Waals surface area contributed by atoms with E-state index in [4.69, 9.17) is 5.73 Å². The van der Waals surface area contributed by atoms with Crippen LogP contribution in [0.5, 0.6) is 0 Å². The molecule has 0 spiro atoms. The molecule has 2 amide bonds. The SMILES string of the molecule is NC(=O)N\N=C/C=C/C=C/C=C/c1ccc(F)cc1. The van der Waals surface area contributed by atoms with Crippen LogP contribution in [-0.4, -0.2) is 12.2 Å². The number of urea groups is 1. The second-order valence-electron chi connectivity index (χ2n) is 3.43. The van der Waals surface area contributed by atoms with Crippen molar-refractivity contribution >= 4 is 18.3 Å². The van der Waals surface area contributed by atoms with E-state index in [0.29, 0.717) is 0 Å². The van der Waals surface area contributed by atoms with Gasteiger partial charge >= 0.3 is 6.03 Å². The molecule has 1 aromatic rings. The lowest BCUT2D eigenvalue weighted by molar-refractivity contribution is 0.249. The van der Waals surface area contributed by atoms with Crippen molar-refractivity contribution in [1.82, 2.24) is 5.43 Å². The summed E-state index contributed by atoms with van der Waals surface area (Å²) in [6, 6.07) is 5.49. The van der Waals surface area contributed by atoms with Crippen molar-refractivity contribution in [2.45, 2.75) is 0 Å². The maximum Gasteiger partial charge on any atom is 0.332 e. The minimum atomic E-state index is -0.706. The van der Waals surface area contributed by atoms with Crippen molar-refractivity contribution in [2.24, 2.45) is 10.8 Å². The number of hydrogen-bond acceptors (Lipinski definition) is 2. The lowest BCUT2D eigenvalue weighted by Crippen LogP contribution is -2.24. The summed E-state index contributed by atoms with van der Waals surface area (Å²) in [5.74, 6) is -0.250. The zero-order chi connectivity index (χ0) is 13.9. The summed E-state index contributed by atoms with van der Waals surface area (Å²) in [5, 5.41) is 3.52. The van der Waals surface area contributed by atoms with Gasteiger partial charge in [0, 0.05) is 6.21 Å². The van der Waals surface area contributed by atoms with Gasteiger partial charge in [0.05, 0.1) is 0 Å². The number of amides is 2. The average Bonchev–Trinajstić information content (AvgIpc) is 2.38. The molecule has 98 valence electrons. The van der Waals surface area contributed by atoms with Crippen molar-refractivity contribution in [1.29, 1.82) is 0 Å². The second kappa shape index (κ2) is 8.41. The molecule has 19 heavy (non-hydrogen) atoms. The lowest BCUT2D eigenvalue weighted by Gasteiger charge is -1.90. The van der Waals surface area contributed by atoms with Crippen molar-refractivity contribution < 1.29 is 9.18 Å². The molecule has 5 heteroatoms. The third-order valence-electron chi connectivity index (χ3n) is 1.94.